The van der Waals surface area contributed by atoms with Gasteiger partial charge in [0.25, 0.3) is 0 Å². The second-order valence-corrected chi connectivity index (χ2v) is 5.11. The van der Waals surface area contributed by atoms with Crippen molar-refractivity contribution in [3.8, 4) is 0 Å². The number of hydrogen-bond donors (Lipinski definition) is 2. The van der Waals surface area contributed by atoms with E-state index in [1.54, 1.807) is 0 Å². The number of para-hydroxylation sites is 1. The van der Waals surface area contributed by atoms with Crippen molar-refractivity contribution in [2.75, 3.05) is 0 Å². The van der Waals surface area contributed by atoms with Crippen LogP contribution < -0.4 is 11.3 Å². The van der Waals surface area contributed by atoms with E-state index >= 15 is 0 Å². The fraction of sp³-hybridized carbons (Fsp3) is 0.125. The van der Waals surface area contributed by atoms with Crippen LogP contribution in [0.3, 0.4) is 0 Å². The normalized spacial score (nSPS) is 12.7. The zero-order chi connectivity index (χ0) is 13.9. The Hall–Kier alpha value is -1.81. The van der Waals surface area contributed by atoms with Gasteiger partial charge in [-0.15, -0.1) is 0 Å². The molecule has 1 heterocycles. The summed E-state index contributed by atoms with van der Waals surface area (Å²) in [6, 6.07) is 17.6. The molecule has 0 fully saturated rings. The maximum atomic E-state index is 6.19. The Balaban J connectivity index is 1.91. The van der Waals surface area contributed by atoms with Crippen LogP contribution >= 0.6 is 11.6 Å². The fourth-order valence-corrected chi connectivity index (χ4v) is 2.51. The Labute approximate surface area is 122 Å². The van der Waals surface area contributed by atoms with Crippen molar-refractivity contribution in [2.24, 2.45) is 5.84 Å². The molecule has 3 nitrogen and oxygen atoms in total. The van der Waals surface area contributed by atoms with Crippen LogP contribution in [0, 0.1) is 0 Å². The third kappa shape index (κ3) is 2.56. The summed E-state index contributed by atoms with van der Waals surface area (Å²) in [6.07, 6.45) is 0.677. The van der Waals surface area contributed by atoms with Gasteiger partial charge >= 0.3 is 0 Å². The lowest BCUT2D eigenvalue weighted by Gasteiger charge is -2.14. The van der Waals surface area contributed by atoms with Gasteiger partial charge in [0.1, 0.15) is 11.3 Å². The predicted molar refractivity (Wildman–Crippen MR) is 81.4 cm³/mol. The van der Waals surface area contributed by atoms with Gasteiger partial charge in [-0.3, -0.25) is 5.84 Å². The number of hydrogen-bond acceptors (Lipinski definition) is 3. The van der Waals surface area contributed by atoms with E-state index in [2.05, 4.69) is 5.43 Å². The van der Waals surface area contributed by atoms with Crippen LogP contribution in [-0.4, -0.2) is 0 Å². The lowest BCUT2D eigenvalue weighted by molar-refractivity contribution is 0.434. The van der Waals surface area contributed by atoms with E-state index in [4.69, 9.17) is 21.9 Å². The van der Waals surface area contributed by atoms with Crippen molar-refractivity contribution in [3.05, 3.63) is 70.9 Å². The Kier molecular flexibility index (Phi) is 3.74. The van der Waals surface area contributed by atoms with Gasteiger partial charge in [-0.05, 0) is 30.2 Å². The summed E-state index contributed by atoms with van der Waals surface area (Å²) in [5.41, 5.74) is 4.70. The maximum Gasteiger partial charge on any atom is 0.134 e. The van der Waals surface area contributed by atoms with Gasteiger partial charge in [0.15, 0.2) is 0 Å². The Morgan fingerprint density at radius 2 is 1.85 bits per heavy atom. The van der Waals surface area contributed by atoms with Crippen LogP contribution in [0.5, 0.6) is 0 Å². The van der Waals surface area contributed by atoms with E-state index in [1.165, 1.54) is 0 Å². The van der Waals surface area contributed by atoms with Crippen molar-refractivity contribution in [2.45, 2.75) is 12.5 Å². The van der Waals surface area contributed by atoms with Crippen molar-refractivity contribution in [3.63, 3.8) is 0 Å². The topological polar surface area (TPSA) is 51.2 Å². The van der Waals surface area contributed by atoms with Gasteiger partial charge in [-0.2, -0.15) is 0 Å². The lowest BCUT2D eigenvalue weighted by atomic mass is 10.0. The fourth-order valence-electron chi connectivity index (χ4n) is 2.30. The molecular weight excluding hydrogens is 272 g/mol. The van der Waals surface area contributed by atoms with E-state index in [0.29, 0.717) is 6.42 Å². The standard InChI is InChI=1S/C16H15ClN2O/c17-13-7-3-1-5-11(13)9-14(19-18)16-10-12-6-2-4-8-15(12)20-16/h1-8,10,14,19H,9,18H2. The monoisotopic (exact) mass is 286 g/mol. The van der Waals surface area contributed by atoms with Crippen LogP contribution in [0.1, 0.15) is 17.4 Å². The quantitative estimate of drug-likeness (QED) is 0.566. The minimum Gasteiger partial charge on any atom is -0.459 e. The van der Waals surface area contributed by atoms with E-state index in [-0.39, 0.29) is 6.04 Å². The molecule has 0 saturated carbocycles. The first-order valence-corrected chi connectivity index (χ1v) is 6.84. The van der Waals surface area contributed by atoms with E-state index in [9.17, 15) is 0 Å². The zero-order valence-corrected chi connectivity index (χ0v) is 11.6. The van der Waals surface area contributed by atoms with Gasteiger partial charge in [-0.1, -0.05) is 48.0 Å². The van der Waals surface area contributed by atoms with E-state index in [1.807, 2.05) is 54.6 Å². The number of hydrazine groups is 1. The molecule has 1 atom stereocenters. The molecule has 1 unspecified atom stereocenters. The van der Waals surface area contributed by atoms with Gasteiger partial charge in [-0.25, -0.2) is 5.43 Å². The highest BCUT2D eigenvalue weighted by Gasteiger charge is 2.16. The van der Waals surface area contributed by atoms with Gasteiger partial charge in [0, 0.05) is 10.4 Å². The van der Waals surface area contributed by atoms with E-state index < -0.39 is 0 Å². The predicted octanol–water partition coefficient (Wildman–Crippen LogP) is 3.83. The van der Waals surface area contributed by atoms with Crippen LogP contribution in [0.15, 0.2) is 59.0 Å². The highest BCUT2D eigenvalue weighted by atomic mass is 35.5. The molecule has 3 rings (SSSR count). The summed E-state index contributed by atoms with van der Waals surface area (Å²) in [6.45, 7) is 0. The average molecular weight is 287 g/mol. The van der Waals surface area contributed by atoms with Crippen molar-refractivity contribution in [1.82, 2.24) is 5.43 Å². The summed E-state index contributed by atoms with van der Waals surface area (Å²) in [7, 11) is 0. The first-order valence-electron chi connectivity index (χ1n) is 6.46. The Bertz CT molecular complexity index is 690. The first-order chi connectivity index (χ1) is 9.78. The third-order valence-electron chi connectivity index (χ3n) is 3.37. The van der Waals surface area contributed by atoms with E-state index in [0.717, 1.165) is 27.3 Å². The van der Waals surface area contributed by atoms with Crippen LogP contribution in [0.2, 0.25) is 5.02 Å². The van der Waals surface area contributed by atoms with Gasteiger partial charge in [0.2, 0.25) is 0 Å². The molecule has 1 aromatic heterocycles. The molecule has 3 aromatic rings. The van der Waals surface area contributed by atoms with Crippen molar-refractivity contribution in [1.29, 1.82) is 0 Å². The molecular formula is C16H15ClN2O. The molecule has 0 aliphatic rings. The van der Waals surface area contributed by atoms with Gasteiger partial charge < -0.3 is 4.42 Å². The molecule has 0 spiro atoms. The first kappa shape index (κ1) is 13.2. The molecule has 102 valence electrons. The average Bonchev–Trinajstić information content (AvgIpc) is 2.90. The number of furan rings is 1. The number of nitrogens with one attached hydrogen (secondary N) is 1. The minimum absolute atomic E-state index is 0.109. The van der Waals surface area contributed by atoms with Crippen LogP contribution in [-0.2, 0) is 6.42 Å². The van der Waals surface area contributed by atoms with Crippen molar-refractivity contribution < 1.29 is 4.42 Å². The smallest absolute Gasteiger partial charge is 0.134 e. The SMILES string of the molecule is NNC(Cc1ccccc1Cl)c1cc2ccccc2o1. The minimum atomic E-state index is -0.109. The molecule has 2 aromatic carbocycles. The molecule has 0 saturated heterocycles. The second kappa shape index (κ2) is 5.67. The number of benzene rings is 2. The summed E-state index contributed by atoms with van der Waals surface area (Å²) in [4.78, 5) is 0. The van der Waals surface area contributed by atoms with Crippen LogP contribution in [0.25, 0.3) is 11.0 Å². The molecule has 4 heteroatoms. The van der Waals surface area contributed by atoms with Gasteiger partial charge in [0.05, 0.1) is 6.04 Å². The highest BCUT2D eigenvalue weighted by Crippen LogP contribution is 2.27. The number of halogens is 1. The Morgan fingerprint density at radius 3 is 2.60 bits per heavy atom. The zero-order valence-electron chi connectivity index (χ0n) is 10.8. The van der Waals surface area contributed by atoms with Crippen LogP contribution in [0.4, 0.5) is 0 Å². The molecule has 0 radical (unpaired) electrons. The largest absolute Gasteiger partial charge is 0.459 e. The molecule has 0 bridgehead atoms. The third-order valence-corrected chi connectivity index (χ3v) is 3.74. The molecule has 20 heavy (non-hydrogen) atoms. The molecule has 0 aliphatic carbocycles. The highest BCUT2D eigenvalue weighted by molar-refractivity contribution is 6.31. The summed E-state index contributed by atoms with van der Waals surface area (Å²) in [5, 5.41) is 1.81. The van der Waals surface area contributed by atoms with Crippen molar-refractivity contribution >= 4 is 22.6 Å². The second-order valence-electron chi connectivity index (χ2n) is 4.70. The molecule has 0 aliphatic heterocycles. The lowest BCUT2D eigenvalue weighted by Crippen LogP contribution is -2.29. The number of nitrogens with two attached hydrogens (primary N) is 1. The molecule has 0 amide bonds. The maximum absolute atomic E-state index is 6.19. The number of fused-ring (bicyclic) bond motifs is 1. The summed E-state index contributed by atoms with van der Waals surface area (Å²) >= 11 is 6.19. The molecule has 3 N–H and O–H groups in total. The number of rotatable bonds is 4. The summed E-state index contributed by atoms with van der Waals surface area (Å²) in [5.74, 6) is 6.48. The summed E-state index contributed by atoms with van der Waals surface area (Å²) < 4.78 is 5.85. The Morgan fingerprint density at radius 1 is 1.10 bits per heavy atom.